The average Bonchev–Trinajstić information content (AvgIpc) is 3.22. The van der Waals surface area contributed by atoms with E-state index in [1.54, 1.807) is 18.3 Å². The highest BCUT2D eigenvalue weighted by Gasteiger charge is 2.31. The zero-order chi connectivity index (χ0) is 23.4. The van der Waals surface area contributed by atoms with E-state index in [1.165, 1.54) is 23.9 Å². The van der Waals surface area contributed by atoms with Gasteiger partial charge in [-0.05, 0) is 50.5 Å². The highest BCUT2D eigenvalue weighted by Crippen LogP contribution is 2.32. The zero-order valence-electron chi connectivity index (χ0n) is 18.1. The van der Waals surface area contributed by atoms with Crippen molar-refractivity contribution in [2.45, 2.75) is 37.7 Å². The van der Waals surface area contributed by atoms with Gasteiger partial charge in [0.15, 0.2) is 5.16 Å². The Bertz CT molecular complexity index is 1090. The molecule has 9 heteroatoms. The fourth-order valence-corrected chi connectivity index (χ4v) is 4.67. The van der Waals surface area contributed by atoms with Crippen LogP contribution in [0.3, 0.4) is 0 Å². The lowest BCUT2D eigenvalue weighted by Crippen LogP contribution is -2.36. The number of amides is 1. The number of carbonyl (C=O) groups is 1. The van der Waals surface area contributed by atoms with Gasteiger partial charge in [0.25, 0.3) is 0 Å². The lowest BCUT2D eigenvalue weighted by molar-refractivity contribution is -0.274. The molecule has 1 aliphatic heterocycles. The molecule has 4 rings (SSSR count). The number of halogens is 3. The Hall–Kier alpha value is -2.94. The number of nitrogens with zero attached hydrogens (tertiary/aromatic N) is 3. The highest BCUT2D eigenvalue weighted by atomic mass is 32.2. The number of likely N-dealkylation sites (tertiary alicyclic amines) is 1. The van der Waals surface area contributed by atoms with Gasteiger partial charge >= 0.3 is 6.36 Å². The third kappa shape index (κ3) is 5.90. The Morgan fingerprint density at radius 2 is 1.70 bits per heavy atom. The van der Waals surface area contributed by atoms with E-state index in [0.29, 0.717) is 10.8 Å². The van der Waals surface area contributed by atoms with Crippen LogP contribution in [0.2, 0.25) is 0 Å². The minimum atomic E-state index is -4.75. The van der Waals surface area contributed by atoms with Crippen LogP contribution in [-0.2, 0) is 4.79 Å². The maximum Gasteiger partial charge on any atom is 0.573 e. The molecule has 0 N–H and O–H groups in total. The largest absolute Gasteiger partial charge is 0.573 e. The number of aryl methyl sites for hydroxylation is 1. The molecule has 0 unspecified atom stereocenters. The van der Waals surface area contributed by atoms with E-state index < -0.39 is 6.36 Å². The molecule has 0 aliphatic carbocycles. The normalized spacial score (nSPS) is 14.4. The molecule has 0 atom stereocenters. The SMILES string of the molecule is Cc1ccc(-c2cnc(SCC(=O)N3CCCCC3)n2-c2ccc(OC(F)(F)F)cc2)cc1. The first-order valence-corrected chi connectivity index (χ1v) is 11.7. The lowest BCUT2D eigenvalue weighted by Gasteiger charge is -2.26. The van der Waals surface area contributed by atoms with Gasteiger partial charge in [-0.2, -0.15) is 0 Å². The average molecular weight is 476 g/mol. The fraction of sp³-hybridized carbons (Fsp3) is 0.333. The van der Waals surface area contributed by atoms with Gasteiger partial charge in [0.1, 0.15) is 5.75 Å². The smallest absolute Gasteiger partial charge is 0.406 e. The number of hydrogen-bond donors (Lipinski definition) is 0. The Morgan fingerprint density at radius 3 is 2.33 bits per heavy atom. The maximum absolute atomic E-state index is 12.7. The summed E-state index contributed by atoms with van der Waals surface area (Å²) in [6.45, 7) is 3.56. The van der Waals surface area contributed by atoms with Gasteiger partial charge in [-0.15, -0.1) is 13.2 Å². The minimum absolute atomic E-state index is 0.0695. The fourth-order valence-electron chi connectivity index (χ4n) is 3.77. The van der Waals surface area contributed by atoms with Crippen molar-refractivity contribution >= 4 is 17.7 Å². The zero-order valence-corrected chi connectivity index (χ0v) is 19.0. The van der Waals surface area contributed by atoms with Gasteiger partial charge in [0.2, 0.25) is 5.91 Å². The van der Waals surface area contributed by atoms with Crippen LogP contribution < -0.4 is 4.74 Å². The standard InChI is InChI=1S/C24H24F3N3O2S/c1-17-5-7-18(8-6-17)21-15-28-23(33-16-22(31)29-13-3-2-4-14-29)30(21)19-9-11-20(12-10-19)32-24(25,26)27/h5-12,15H,2-4,13-14,16H2,1H3. The number of benzene rings is 2. The van der Waals surface area contributed by atoms with Gasteiger partial charge in [-0.25, -0.2) is 4.98 Å². The van der Waals surface area contributed by atoms with Crippen molar-refractivity contribution in [2.24, 2.45) is 0 Å². The molecule has 3 aromatic rings. The van der Waals surface area contributed by atoms with Crippen molar-refractivity contribution in [2.75, 3.05) is 18.8 Å². The number of piperidine rings is 1. The summed E-state index contributed by atoms with van der Waals surface area (Å²) < 4.78 is 43.5. The lowest BCUT2D eigenvalue weighted by atomic mass is 10.1. The van der Waals surface area contributed by atoms with Gasteiger partial charge in [0.05, 0.1) is 17.6 Å². The molecule has 5 nitrogen and oxygen atoms in total. The van der Waals surface area contributed by atoms with E-state index in [4.69, 9.17) is 0 Å². The molecule has 1 aliphatic rings. The highest BCUT2D eigenvalue weighted by molar-refractivity contribution is 7.99. The molecule has 174 valence electrons. The van der Waals surface area contributed by atoms with Gasteiger partial charge in [0, 0.05) is 24.3 Å². The second kappa shape index (κ2) is 9.91. The van der Waals surface area contributed by atoms with Crippen LogP contribution in [0.5, 0.6) is 5.75 Å². The number of ether oxygens (including phenoxy) is 1. The van der Waals surface area contributed by atoms with E-state index in [-0.39, 0.29) is 17.4 Å². The van der Waals surface area contributed by atoms with Crippen LogP contribution in [0, 0.1) is 6.92 Å². The summed E-state index contributed by atoms with van der Waals surface area (Å²) in [5.41, 5.74) is 3.44. The van der Waals surface area contributed by atoms with Crippen molar-refractivity contribution < 1.29 is 22.7 Å². The summed E-state index contributed by atoms with van der Waals surface area (Å²) in [5.74, 6) is 0.0254. The summed E-state index contributed by atoms with van der Waals surface area (Å²) in [5, 5.41) is 0.598. The summed E-state index contributed by atoms with van der Waals surface area (Å²) in [4.78, 5) is 19.1. The van der Waals surface area contributed by atoms with Crippen LogP contribution in [0.4, 0.5) is 13.2 Å². The molecule has 1 amide bonds. The van der Waals surface area contributed by atoms with E-state index in [1.807, 2.05) is 40.7 Å². The number of alkyl halides is 3. The first kappa shape index (κ1) is 23.2. The Kier molecular flexibility index (Phi) is 6.97. The van der Waals surface area contributed by atoms with Crippen LogP contribution in [-0.4, -0.2) is 45.6 Å². The molecular formula is C24H24F3N3O2S. The monoisotopic (exact) mass is 475 g/mol. The Labute approximate surface area is 194 Å². The second-order valence-electron chi connectivity index (χ2n) is 7.90. The molecule has 0 spiro atoms. The first-order chi connectivity index (χ1) is 15.8. The molecule has 0 radical (unpaired) electrons. The van der Waals surface area contributed by atoms with E-state index >= 15 is 0 Å². The van der Waals surface area contributed by atoms with Crippen LogP contribution >= 0.6 is 11.8 Å². The van der Waals surface area contributed by atoms with Crippen LogP contribution in [0.25, 0.3) is 16.9 Å². The van der Waals surface area contributed by atoms with Crippen molar-refractivity contribution in [3.8, 4) is 22.7 Å². The number of rotatable bonds is 6. The van der Waals surface area contributed by atoms with E-state index in [2.05, 4.69) is 9.72 Å². The molecular weight excluding hydrogens is 451 g/mol. The predicted molar refractivity (Wildman–Crippen MR) is 122 cm³/mol. The molecule has 1 fully saturated rings. The summed E-state index contributed by atoms with van der Waals surface area (Å²) in [7, 11) is 0. The molecule has 2 aromatic carbocycles. The Balaban J connectivity index is 1.63. The number of thioether (sulfide) groups is 1. The maximum atomic E-state index is 12.7. The third-order valence-electron chi connectivity index (χ3n) is 5.44. The Morgan fingerprint density at radius 1 is 1.03 bits per heavy atom. The summed E-state index contributed by atoms with van der Waals surface area (Å²) in [6.07, 6.45) is 0.164. The van der Waals surface area contributed by atoms with Crippen molar-refractivity contribution in [3.63, 3.8) is 0 Å². The number of carbonyl (C=O) groups excluding carboxylic acids is 1. The molecule has 0 bridgehead atoms. The number of hydrogen-bond acceptors (Lipinski definition) is 4. The van der Waals surface area contributed by atoms with Crippen molar-refractivity contribution in [1.82, 2.24) is 14.5 Å². The van der Waals surface area contributed by atoms with Crippen molar-refractivity contribution in [3.05, 3.63) is 60.3 Å². The van der Waals surface area contributed by atoms with Gasteiger partial charge in [-0.3, -0.25) is 9.36 Å². The third-order valence-corrected chi connectivity index (χ3v) is 6.38. The number of aromatic nitrogens is 2. The molecule has 33 heavy (non-hydrogen) atoms. The molecule has 2 heterocycles. The van der Waals surface area contributed by atoms with Crippen LogP contribution in [0.1, 0.15) is 24.8 Å². The minimum Gasteiger partial charge on any atom is -0.406 e. The molecule has 1 aromatic heterocycles. The topological polar surface area (TPSA) is 47.4 Å². The quantitative estimate of drug-likeness (QED) is 0.420. The van der Waals surface area contributed by atoms with Crippen LogP contribution in [0.15, 0.2) is 59.9 Å². The number of imidazole rings is 1. The first-order valence-electron chi connectivity index (χ1n) is 10.7. The van der Waals surface area contributed by atoms with Crippen molar-refractivity contribution in [1.29, 1.82) is 0 Å². The van der Waals surface area contributed by atoms with E-state index in [0.717, 1.165) is 49.2 Å². The van der Waals surface area contributed by atoms with Gasteiger partial charge < -0.3 is 9.64 Å². The summed E-state index contributed by atoms with van der Waals surface area (Å²) >= 11 is 1.33. The summed E-state index contributed by atoms with van der Waals surface area (Å²) in [6, 6.07) is 13.6. The predicted octanol–water partition coefficient (Wildman–Crippen LogP) is 5.85. The van der Waals surface area contributed by atoms with Gasteiger partial charge in [-0.1, -0.05) is 41.6 Å². The molecule has 0 saturated carbocycles. The van der Waals surface area contributed by atoms with E-state index in [9.17, 15) is 18.0 Å². The second-order valence-corrected chi connectivity index (χ2v) is 8.84. The molecule has 1 saturated heterocycles.